The van der Waals surface area contributed by atoms with Gasteiger partial charge >= 0.3 is 0 Å². The van der Waals surface area contributed by atoms with Crippen LogP contribution >= 0.6 is 24.0 Å². The van der Waals surface area contributed by atoms with Gasteiger partial charge in [0, 0.05) is 23.7 Å². The summed E-state index contributed by atoms with van der Waals surface area (Å²) in [6.45, 7) is 2.09. The highest BCUT2D eigenvalue weighted by molar-refractivity contribution is 14.0. The van der Waals surface area contributed by atoms with Crippen molar-refractivity contribution in [3.8, 4) is 11.5 Å². The van der Waals surface area contributed by atoms with Crippen LogP contribution in [0.5, 0.6) is 11.5 Å². The van der Waals surface area contributed by atoms with Crippen molar-refractivity contribution in [2.75, 3.05) is 39.2 Å². The quantitative estimate of drug-likeness (QED) is 0.398. The molecule has 7 heteroatoms. The molecule has 1 aliphatic carbocycles. The zero-order valence-electron chi connectivity index (χ0n) is 15.8. The van der Waals surface area contributed by atoms with Gasteiger partial charge < -0.3 is 25.4 Å². The normalized spacial score (nSPS) is 19.4. The zero-order valence-corrected chi connectivity index (χ0v) is 18.1. The maximum Gasteiger partial charge on any atom is 0.193 e. The molecule has 3 N–H and O–H groups in total. The summed E-state index contributed by atoms with van der Waals surface area (Å²) in [7, 11) is 4.29. The lowest BCUT2D eigenvalue weighted by atomic mass is 9.81. The lowest BCUT2D eigenvalue weighted by Crippen LogP contribution is -2.49. The van der Waals surface area contributed by atoms with Gasteiger partial charge in [0.1, 0.15) is 0 Å². The number of likely N-dealkylation sites (N-methyl/N-ethyl adjacent to an activating group) is 1. The number of aliphatic imine (C=N–C) groups is 1. The molecule has 1 aromatic rings. The molecule has 0 bridgehead atoms. The van der Waals surface area contributed by atoms with Crippen LogP contribution in [0.2, 0.25) is 0 Å². The van der Waals surface area contributed by atoms with E-state index < -0.39 is 0 Å². The molecule has 0 spiro atoms. The molecule has 1 aliphatic heterocycles. The van der Waals surface area contributed by atoms with Gasteiger partial charge in [-0.1, -0.05) is 19.3 Å². The summed E-state index contributed by atoms with van der Waals surface area (Å²) in [5.74, 6) is 1.99. The highest BCUT2D eigenvalue weighted by Gasteiger charge is 2.33. The minimum absolute atomic E-state index is 0. The van der Waals surface area contributed by atoms with Crippen LogP contribution in [0.15, 0.2) is 23.2 Å². The van der Waals surface area contributed by atoms with Crippen LogP contribution in [0, 0.1) is 0 Å². The number of hydrogen-bond acceptors (Lipinski definition) is 4. The molecule has 1 fully saturated rings. The first-order valence-corrected chi connectivity index (χ1v) is 9.23. The fraction of sp³-hybridized carbons (Fsp3) is 0.632. The highest BCUT2D eigenvalue weighted by Crippen LogP contribution is 2.33. The van der Waals surface area contributed by atoms with Gasteiger partial charge in [-0.05, 0) is 39.1 Å². The average Bonchev–Trinajstić information content (AvgIpc) is 2.85. The fourth-order valence-electron chi connectivity index (χ4n) is 3.62. The molecular formula is C19H31IN4O2. The molecule has 146 valence electrons. The number of nitrogens with zero attached hydrogens (tertiary/aromatic N) is 2. The van der Waals surface area contributed by atoms with Crippen molar-refractivity contribution in [1.82, 2.24) is 4.90 Å². The summed E-state index contributed by atoms with van der Waals surface area (Å²) in [6.07, 6.45) is 7.12. The highest BCUT2D eigenvalue weighted by atomic mass is 127. The van der Waals surface area contributed by atoms with Crippen molar-refractivity contribution in [1.29, 1.82) is 0 Å². The van der Waals surface area contributed by atoms with E-state index in [9.17, 15) is 0 Å². The van der Waals surface area contributed by atoms with Gasteiger partial charge in [0.05, 0.1) is 19.8 Å². The first-order chi connectivity index (χ1) is 12.1. The summed E-state index contributed by atoms with van der Waals surface area (Å²) < 4.78 is 11.4. The van der Waals surface area contributed by atoms with Gasteiger partial charge in [0.2, 0.25) is 0 Å². The second-order valence-electron chi connectivity index (χ2n) is 7.22. The minimum Gasteiger partial charge on any atom is -0.490 e. The Morgan fingerprint density at radius 2 is 1.81 bits per heavy atom. The molecule has 26 heavy (non-hydrogen) atoms. The summed E-state index contributed by atoms with van der Waals surface area (Å²) in [4.78, 5) is 6.95. The standard InChI is InChI=1S/C19H30N4O2.HI/c1-23(2)19(9-4-3-5-10-19)14-21-18(20)22-15-7-8-16-17(13-15)25-12-6-11-24-16;/h7-8,13H,3-6,9-12,14H2,1-2H3,(H3,20,21,22);1H. The number of nitrogens with one attached hydrogen (secondary N) is 1. The predicted molar refractivity (Wildman–Crippen MR) is 117 cm³/mol. The lowest BCUT2D eigenvalue weighted by molar-refractivity contribution is 0.109. The van der Waals surface area contributed by atoms with E-state index in [0.29, 0.717) is 19.2 Å². The van der Waals surface area contributed by atoms with Crippen molar-refractivity contribution in [3.05, 3.63) is 18.2 Å². The van der Waals surface area contributed by atoms with Gasteiger partial charge in [0.15, 0.2) is 17.5 Å². The van der Waals surface area contributed by atoms with Gasteiger partial charge in [-0.3, -0.25) is 4.99 Å². The summed E-state index contributed by atoms with van der Waals surface area (Å²) in [5, 5.41) is 3.18. The second kappa shape index (κ2) is 9.64. The molecule has 1 heterocycles. The number of rotatable bonds is 4. The van der Waals surface area contributed by atoms with Crippen molar-refractivity contribution in [3.63, 3.8) is 0 Å². The third-order valence-electron chi connectivity index (χ3n) is 5.30. The van der Waals surface area contributed by atoms with Crippen LogP contribution in [0.3, 0.4) is 0 Å². The molecule has 0 unspecified atom stereocenters. The van der Waals surface area contributed by atoms with E-state index in [0.717, 1.165) is 30.2 Å². The fourth-order valence-corrected chi connectivity index (χ4v) is 3.62. The van der Waals surface area contributed by atoms with E-state index in [1.807, 2.05) is 18.2 Å². The molecule has 0 saturated heterocycles. The van der Waals surface area contributed by atoms with E-state index in [1.165, 1.54) is 32.1 Å². The van der Waals surface area contributed by atoms with E-state index in [1.54, 1.807) is 0 Å². The van der Waals surface area contributed by atoms with Crippen molar-refractivity contribution in [2.45, 2.75) is 44.1 Å². The molecule has 0 atom stereocenters. The third-order valence-corrected chi connectivity index (χ3v) is 5.30. The van der Waals surface area contributed by atoms with Gasteiger partial charge in [-0.25, -0.2) is 0 Å². The molecular weight excluding hydrogens is 443 g/mol. The predicted octanol–water partition coefficient (Wildman–Crippen LogP) is 3.46. The van der Waals surface area contributed by atoms with Crippen molar-refractivity contribution < 1.29 is 9.47 Å². The number of halogens is 1. The summed E-state index contributed by atoms with van der Waals surface area (Å²) in [6, 6.07) is 5.78. The SMILES string of the molecule is CN(C)C1(CN=C(N)Nc2ccc3c(c2)OCCCO3)CCCCC1.I. The van der Waals surface area contributed by atoms with E-state index in [4.69, 9.17) is 15.2 Å². The van der Waals surface area contributed by atoms with Crippen LogP contribution in [-0.4, -0.2) is 50.3 Å². The Morgan fingerprint density at radius 1 is 1.12 bits per heavy atom. The van der Waals surface area contributed by atoms with Crippen molar-refractivity contribution >= 4 is 35.6 Å². The van der Waals surface area contributed by atoms with Crippen LogP contribution in [0.1, 0.15) is 38.5 Å². The number of hydrogen-bond donors (Lipinski definition) is 2. The Kier molecular flexibility index (Phi) is 7.82. The van der Waals surface area contributed by atoms with Gasteiger partial charge in [-0.15, -0.1) is 24.0 Å². The maximum atomic E-state index is 6.14. The largest absolute Gasteiger partial charge is 0.490 e. The van der Waals surface area contributed by atoms with E-state index >= 15 is 0 Å². The Hall–Kier alpha value is -1.22. The Balaban J connectivity index is 0.00000243. The van der Waals surface area contributed by atoms with Crippen LogP contribution in [-0.2, 0) is 0 Å². The smallest absolute Gasteiger partial charge is 0.193 e. The number of fused-ring (bicyclic) bond motifs is 1. The number of anilines is 1. The molecule has 1 aromatic carbocycles. The molecule has 2 aliphatic rings. The van der Waals surface area contributed by atoms with Crippen LogP contribution < -0.4 is 20.5 Å². The Morgan fingerprint density at radius 3 is 2.50 bits per heavy atom. The van der Waals surface area contributed by atoms with Gasteiger partial charge in [-0.2, -0.15) is 0 Å². The minimum atomic E-state index is 0. The number of nitrogens with two attached hydrogens (primary N) is 1. The monoisotopic (exact) mass is 474 g/mol. The lowest BCUT2D eigenvalue weighted by Gasteiger charge is -2.42. The molecule has 0 aromatic heterocycles. The number of guanidine groups is 1. The zero-order chi connectivity index (χ0) is 17.7. The van der Waals surface area contributed by atoms with Gasteiger partial charge in [0.25, 0.3) is 0 Å². The van der Waals surface area contributed by atoms with Crippen LogP contribution in [0.25, 0.3) is 0 Å². The van der Waals surface area contributed by atoms with E-state index in [-0.39, 0.29) is 29.5 Å². The average molecular weight is 474 g/mol. The Labute approximate surface area is 173 Å². The second-order valence-corrected chi connectivity index (χ2v) is 7.22. The molecule has 0 amide bonds. The molecule has 1 saturated carbocycles. The topological polar surface area (TPSA) is 72.1 Å². The third kappa shape index (κ3) is 5.16. The first kappa shape index (κ1) is 21.1. The first-order valence-electron chi connectivity index (χ1n) is 9.23. The molecule has 0 radical (unpaired) electrons. The maximum absolute atomic E-state index is 6.14. The number of ether oxygens (including phenoxy) is 2. The summed E-state index contributed by atoms with van der Waals surface area (Å²) >= 11 is 0. The Bertz CT molecular complexity index is 616. The molecule has 6 nitrogen and oxygen atoms in total. The molecule has 3 rings (SSSR count). The summed E-state index contributed by atoms with van der Waals surface area (Å²) in [5.41, 5.74) is 7.14. The number of benzene rings is 1. The van der Waals surface area contributed by atoms with E-state index in [2.05, 4.69) is 29.3 Å². The van der Waals surface area contributed by atoms with Crippen molar-refractivity contribution in [2.24, 2.45) is 10.7 Å². The van der Waals surface area contributed by atoms with Crippen LogP contribution in [0.4, 0.5) is 5.69 Å².